The Morgan fingerprint density at radius 3 is 2.42 bits per heavy atom. The van der Waals surface area contributed by atoms with Gasteiger partial charge in [0, 0.05) is 31.5 Å². The molecule has 0 fully saturated rings. The molecule has 0 unspecified atom stereocenters. The number of anilines is 1. The average molecular weight is 479 g/mol. The summed E-state index contributed by atoms with van der Waals surface area (Å²) in [5.74, 6) is -0.499. The predicted octanol–water partition coefficient (Wildman–Crippen LogP) is 6.57. The fourth-order valence-corrected chi connectivity index (χ4v) is 4.87. The molecule has 4 aromatic rings. The molecule has 0 atom stereocenters. The van der Waals surface area contributed by atoms with Crippen LogP contribution in [0.15, 0.2) is 82.6 Å². The molecule has 0 saturated heterocycles. The lowest BCUT2D eigenvalue weighted by Gasteiger charge is -2.09. The van der Waals surface area contributed by atoms with E-state index in [1.165, 1.54) is 0 Å². The van der Waals surface area contributed by atoms with Gasteiger partial charge >= 0.3 is 5.97 Å². The molecule has 7 heteroatoms. The third-order valence-corrected chi connectivity index (χ3v) is 6.67. The Labute approximate surface area is 201 Å². The molecule has 1 N–H and O–H groups in total. The molecule has 0 saturated carbocycles. The van der Waals surface area contributed by atoms with Crippen molar-refractivity contribution in [1.29, 1.82) is 0 Å². The summed E-state index contributed by atoms with van der Waals surface area (Å²) in [5, 5.41) is 4.59. The summed E-state index contributed by atoms with van der Waals surface area (Å²) in [6.45, 7) is 4.17. The molecule has 1 amide bonds. The number of halogens is 1. The second-order valence-corrected chi connectivity index (χ2v) is 8.90. The number of fused-ring (bicyclic) bond motifs is 1. The maximum atomic E-state index is 12.9. The number of benzene rings is 3. The fourth-order valence-electron chi connectivity index (χ4n) is 3.66. The number of aromatic nitrogens is 1. The van der Waals surface area contributed by atoms with Gasteiger partial charge in [0.25, 0.3) is 5.91 Å². The zero-order chi connectivity index (χ0) is 23.4. The van der Waals surface area contributed by atoms with Crippen molar-refractivity contribution in [2.24, 2.45) is 0 Å². The molecule has 168 valence electrons. The van der Waals surface area contributed by atoms with Crippen molar-refractivity contribution in [3.63, 3.8) is 0 Å². The monoisotopic (exact) mass is 478 g/mol. The van der Waals surface area contributed by atoms with Gasteiger partial charge in [0.05, 0.1) is 17.8 Å². The number of esters is 1. The van der Waals surface area contributed by atoms with Crippen molar-refractivity contribution in [3.05, 3.63) is 89.1 Å². The summed E-state index contributed by atoms with van der Waals surface area (Å²) in [5.41, 5.74) is 3.02. The number of ether oxygens (including phenoxy) is 1. The molecule has 1 heterocycles. The van der Waals surface area contributed by atoms with Crippen LogP contribution in [0.4, 0.5) is 5.69 Å². The van der Waals surface area contributed by atoms with Crippen LogP contribution >= 0.6 is 23.4 Å². The molecule has 0 bridgehead atoms. The second-order valence-electron chi connectivity index (χ2n) is 7.38. The summed E-state index contributed by atoms with van der Waals surface area (Å²) in [7, 11) is 0. The highest BCUT2D eigenvalue weighted by molar-refractivity contribution is 7.99. The van der Waals surface area contributed by atoms with Crippen molar-refractivity contribution in [2.75, 3.05) is 11.9 Å². The lowest BCUT2D eigenvalue weighted by atomic mass is 10.1. The second kappa shape index (κ2) is 10.1. The highest BCUT2D eigenvalue weighted by Crippen LogP contribution is 2.42. The minimum atomic E-state index is -0.306. The Balaban J connectivity index is 1.82. The predicted molar refractivity (Wildman–Crippen MR) is 133 cm³/mol. The number of nitrogens with zero attached hydrogens (tertiary/aromatic N) is 1. The standard InChI is InChI=1S/C26H23ClN2O3S/c1-3-32-23(30)16-29-17(2)25(33-20-14-12-19(27)13-15-20)24-21(10-7-11-22(24)29)28-26(31)18-8-5-4-6-9-18/h4-15H,3,16H2,1-2H3,(H,28,31). The van der Waals surface area contributed by atoms with Crippen molar-refractivity contribution < 1.29 is 14.3 Å². The maximum absolute atomic E-state index is 12.9. The van der Waals surface area contributed by atoms with Gasteiger partial charge in [0.2, 0.25) is 0 Å². The van der Waals surface area contributed by atoms with Gasteiger partial charge in [-0.1, -0.05) is 47.6 Å². The smallest absolute Gasteiger partial charge is 0.325 e. The van der Waals surface area contributed by atoms with Gasteiger partial charge in [0.1, 0.15) is 6.54 Å². The van der Waals surface area contributed by atoms with Crippen LogP contribution in [-0.2, 0) is 16.1 Å². The van der Waals surface area contributed by atoms with E-state index < -0.39 is 0 Å². The molecule has 0 aliphatic heterocycles. The largest absolute Gasteiger partial charge is 0.465 e. The van der Waals surface area contributed by atoms with Crippen LogP contribution in [0.2, 0.25) is 5.02 Å². The number of hydrogen-bond acceptors (Lipinski definition) is 4. The molecular formula is C26H23ClN2O3S. The van der Waals surface area contributed by atoms with Crippen LogP contribution in [0, 0.1) is 6.92 Å². The van der Waals surface area contributed by atoms with Gasteiger partial charge in [-0.3, -0.25) is 9.59 Å². The van der Waals surface area contributed by atoms with Crippen molar-refractivity contribution in [3.8, 4) is 0 Å². The number of carbonyl (C=O) groups excluding carboxylic acids is 2. The zero-order valence-electron chi connectivity index (χ0n) is 18.3. The van der Waals surface area contributed by atoms with E-state index in [4.69, 9.17) is 16.3 Å². The van der Waals surface area contributed by atoms with Crippen LogP contribution in [0.25, 0.3) is 10.9 Å². The SMILES string of the molecule is CCOC(=O)Cn1c(C)c(Sc2ccc(Cl)cc2)c2c(NC(=O)c3ccccc3)cccc21. The molecular weight excluding hydrogens is 456 g/mol. The lowest BCUT2D eigenvalue weighted by molar-refractivity contribution is -0.143. The molecule has 33 heavy (non-hydrogen) atoms. The van der Waals surface area contributed by atoms with Crippen molar-refractivity contribution in [1.82, 2.24) is 4.57 Å². The van der Waals surface area contributed by atoms with Crippen LogP contribution in [-0.4, -0.2) is 23.1 Å². The Morgan fingerprint density at radius 1 is 1.00 bits per heavy atom. The molecule has 3 aromatic carbocycles. The van der Waals surface area contributed by atoms with E-state index in [9.17, 15) is 9.59 Å². The third kappa shape index (κ3) is 5.07. The van der Waals surface area contributed by atoms with Crippen LogP contribution in [0.3, 0.4) is 0 Å². The normalized spacial score (nSPS) is 10.9. The van der Waals surface area contributed by atoms with E-state index >= 15 is 0 Å². The molecule has 0 aliphatic rings. The Bertz CT molecular complexity index is 1300. The lowest BCUT2D eigenvalue weighted by Crippen LogP contribution is -2.14. The Hall–Kier alpha value is -3.22. The molecule has 5 nitrogen and oxygen atoms in total. The van der Waals surface area contributed by atoms with E-state index in [0.29, 0.717) is 22.9 Å². The summed E-state index contributed by atoms with van der Waals surface area (Å²) in [6, 6.07) is 22.4. The summed E-state index contributed by atoms with van der Waals surface area (Å²) >= 11 is 7.63. The van der Waals surface area contributed by atoms with Gasteiger partial charge in [-0.15, -0.1) is 0 Å². The Morgan fingerprint density at radius 2 is 1.73 bits per heavy atom. The minimum Gasteiger partial charge on any atom is -0.465 e. The number of amides is 1. The summed E-state index contributed by atoms with van der Waals surface area (Å²) < 4.78 is 7.13. The summed E-state index contributed by atoms with van der Waals surface area (Å²) in [6.07, 6.45) is 0. The van der Waals surface area contributed by atoms with Crippen LogP contribution < -0.4 is 5.32 Å². The number of rotatable bonds is 7. The number of nitrogens with one attached hydrogen (secondary N) is 1. The maximum Gasteiger partial charge on any atom is 0.325 e. The first-order valence-electron chi connectivity index (χ1n) is 10.5. The molecule has 0 radical (unpaired) electrons. The van der Waals surface area contributed by atoms with E-state index in [1.807, 2.05) is 72.2 Å². The summed E-state index contributed by atoms with van der Waals surface area (Å²) in [4.78, 5) is 27.2. The van der Waals surface area contributed by atoms with Gasteiger partial charge in [-0.2, -0.15) is 0 Å². The van der Waals surface area contributed by atoms with E-state index in [2.05, 4.69) is 5.32 Å². The number of hydrogen-bond donors (Lipinski definition) is 1. The minimum absolute atomic E-state index is 0.0907. The van der Waals surface area contributed by atoms with Gasteiger partial charge in [0.15, 0.2) is 0 Å². The first-order valence-corrected chi connectivity index (χ1v) is 11.7. The zero-order valence-corrected chi connectivity index (χ0v) is 19.9. The van der Waals surface area contributed by atoms with Gasteiger partial charge in [-0.05, 0) is 62.4 Å². The highest BCUT2D eigenvalue weighted by Gasteiger charge is 2.21. The highest BCUT2D eigenvalue weighted by atomic mass is 35.5. The first kappa shape index (κ1) is 23.0. The van der Waals surface area contributed by atoms with Gasteiger partial charge < -0.3 is 14.6 Å². The van der Waals surface area contributed by atoms with Crippen LogP contribution in [0.1, 0.15) is 23.0 Å². The van der Waals surface area contributed by atoms with E-state index in [0.717, 1.165) is 26.4 Å². The molecule has 0 aliphatic carbocycles. The van der Waals surface area contributed by atoms with Crippen LogP contribution in [0.5, 0.6) is 0 Å². The fraction of sp³-hybridized carbons (Fsp3) is 0.154. The molecule has 1 aromatic heterocycles. The van der Waals surface area contributed by atoms with Crippen molar-refractivity contribution >= 4 is 51.8 Å². The molecule has 0 spiro atoms. The number of carbonyl (C=O) groups is 2. The van der Waals surface area contributed by atoms with E-state index in [-0.39, 0.29) is 18.4 Å². The topological polar surface area (TPSA) is 60.3 Å². The third-order valence-electron chi connectivity index (χ3n) is 5.20. The van der Waals surface area contributed by atoms with E-state index in [1.54, 1.807) is 30.8 Å². The average Bonchev–Trinajstić information content (AvgIpc) is 3.08. The Kier molecular flexibility index (Phi) is 7.06. The quantitative estimate of drug-likeness (QED) is 0.305. The molecule has 4 rings (SSSR count). The van der Waals surface area contributed by atoms with Crippen molar-refractivity contribution in [2.45, 2.75) is 30.2 Å². The van der Waals surface area contributed by atoms with Gasteiger partial charge in [-0.25, -0.2) is 0 Å². The first-order chi connectivity index (χ1) is 16.0.